The standard InChI is InChI=1S/C15H14ClF3N6S/c1-9-5-12(21-8-15(17,18)19)25-14(22-13(23-25)26-2)24(9)7-10-3-4-11(16)20-6-10/h3-6H,7-8H2,1-2H3. The Balaban J connectivity index is 2.13. The first-order valence-corrected chi connectivity index (χ1v) is 9.06. The highest BCUT2D eigenvalue weighted by Crippen LogP contribution is 2.16. The van der Waals surface area contributed by atoms with Crippen LogP contribution in [0.5, 0.6) is 0 Å². The molecule has 138 valence electrons. The molecule has 0 spiro atoms. The van der Waals surface area contributed by atoms with Crippen LogP contribution in [0.25, 0.3) is 5.78 Å². The molecule has 3 aromatic heterocycles. The zero-order valence-electron chi connectivity index (χ0n) is 13.8. The quantitative estimate of drug-likeness (QED) is 0.497. The van der Waals surface area contributed by atoms with Crippen molar-refractivity contribution in [2.75, 3.05) is 12.8 Å². The molecule has 0 aromatic carbocycles. The maximum absolute atomic E-state index is 12.5. The molecular weight excluding hydrogens is 389 g/mol. The number of aryl methyl sites for hydroxylation is 1. The molecule has 0 fully saturated rings. The van der Waals surface area contributed by atoms with Gasteiger partial charge >= 0.3 is 6.18 Å². The summed E-state index contributed by atoms with van der Waals surface area (Å²) < 4.78 is 40.8. The molecule has 6 nitrogen and oxygen atoms in total. The first-order chi connectivity index (χ1) is 12.3. The van der Waals surface area contributed by atoms with E-state index < -0.39 is 12.7 Å². The van der Waals surface area contributed by atoms with Gasteiger partial charge in [0.15, 0.2) is 5.49 Å². The Morgan fingerprint density at radius 2 is 2.08 bits per heavy atom. The minimum atomic E-state index is -4.38. The average Bonchev–Trinajstić information content (AvgIpc) is 3.01. The number of aromatic nitrogens is 5. The smallest absolute Gasteiger partial charge is 0.310 e. The Morgan fingerprint density at radius 1 is 1.31 bits per heavy atom. The molecule has 0 aliphatic rings. The molecule has 0 aliphatic carbocycles. The molecule has 0 saturated heterocycles. The maximum Gasteiger partial charge on any atom is 0.408 e. The van der Waals surface area contributed by atoms with Crippen LogP contribution >= 0.6 is 23.4 Å². The SMILES string of the molecule is CSc1nc2n(Cc3ccc(Cl)nc3)c(C)cc(=NCC(F)(F)F)n2n1. The van der Waals surface area contributed by atoms with Crippen LogP contribution in [-0.2, 0) is 6.54 Å². The van der Waals surface area contributed by atoms with Crippen molar-refractivity contribution in [3.8, 4) is 0 Å². The van der Waals surface area contributed by atoms with Crippen molar-refractivity contribution in [3.05, 3.63) is 46.3 Å². The van der Waals surface area contributed by atoms with E-state index in [4.69, 9.17) is 11.6 Å². The monoisotopic (exact) mass is 402 g/mol. The largest absolute Gasteiger partial charge is 0.408 e. The molecule has 0 unspecified atom stereocenters. The fourth-order valence-electron chi connectivity index (χ4n) is 2.35. The zero-order valence-corrected chi connectivity index (χ0v) is 15.4. The number of fused-ring (bicyclic) bond motifs is 1. The number of rotatable bonds is 4. The van der Waals surface area contributed by atoms with E-state index in [1.165, 1.54) is 16.3 Å². The average molecular weight is 403 g/mol. The van der Waals surface area contributed by atoms with E-state index in [0.29, 0.717) is 28.3 Å². The Morgan fingerprint density at radius 3 is 2.69 bits per heavy atom. The number of alkyl halides is 3. The van der Waals surface area contributed by atoms with Crippen LogP contribution in [0.15, 0.2) is 34.5 Å². The summed E-state index contributed by atoms with van der Waals surface area (Å²) in [4.78, 5) is 12.1. The van der Waals surface area contributed by atoms with Crippen molar-refractivity contribution in [2.24, 2.45) is 4.99 Å². The third-order valence-corrected chi connectivity index (χ3v) is 4.29. The second-order valence-electron chi connectivity index (χ2n) is 5.46. The molecule has 0 saturated carbocycles. The van der Waals surface area contributed by atoms with Crippen LogP contribution in [0.4, 0.5) is 13.2 Å². The molecule has 26 heavy (non-hydrogen) atoms. The van der Waals surface area contributed by atoms with Crippen LogP contribution in [0.1, 0.15) is 11.3 Å². The summed E-state index contributed by atoms with van der Waals surface area (Å²) in [6.07, 6.45) is -0.954. The van der Waals surface area contributed by atoms with E-state index in [1.807, 2.05) is 10.6 Å². The highest BCUT2D eigenvalue weighted by Gasteiger charge is 2.26. The van der Waals surface area contributed by atoms with E-state index in [1.54, 1.807) is 31.5 Å². The Labute approximate surface area is 155 Å². The lowest BCUT2D eigenvalue weighted by atomic mass is 10.2. The topological polar surface area (TPSA) is 60.4 Å². The molecule has 0 N–H and O–H groups in total. The number of thioether (sulfide) groups is 1. The minimum absolute atomic E-state index is 0.105. The van der Waals surface area contributed by atoms with Gasteiger partial charge in [-0.25, -0.2) is 4.98 Å². The van der Waals surface area contributed by atoms with E-state index in [0.717, 1.165) is 5.56 Å². The van der Waals surface area contributed by atoms with E-state index in [-0.39, 0.29) is 5.49 Å². The van der Waals surface area contributed by atoms with E-state index in [2.05, 4.69) is 20.1 Å². The van der Waals surface area contributed by atoms with Crippen molar-refractivity contribution < 1.29 is 13.2 Å². The molecule has 3 aromatic rings. The van der Waals surface area contributed by atoms with Gasteiger partial charge in [0.2, 0.25) is 10.9 Å². The van der Waals surface area contributed by atoms with Crippen LogP contribution < -0.4 is 5.49 Å². The molecule has 0 amide bonds. The number of halogens is 4. The fraction of sp³-hybridized carbons (Fsp3) is 0.333. The number of hydrogen-bond donors (Lipinski definition) is 0. The van der Waals surface area contributed by atoms with Crippen LogP contribution in [0.3, 0.4) is 0 Å². The number of pyridine rings is 1. The highest BCUT2D eigenvalue weighted by atomic mass is 35.5. The summed E-state index contributed by atoms with van der Waals surface area (Å²) in [7, 11) is 0. The van der Waals surface area contributed by atoms with Crippen molar-refractivity contribution in [2.45, 2.75) is 24.8 Å². The summed E-state index contributed by atoms with van der Waals surface area (Å²) in [6, 6.07) is 5.06. The lowest BCUT2D eigenvalue weighted by Crippen LogP contribution is -2.24. The Hall–Kier alpha value is -2.07. The maximum atomic E-state index is 12.5. The van der Waals surface area contributed by atoms with Crippen LogP contribution in [0, 0.1) is 6.92 Å². The van der Waals surface area contributed by atoms with Gasteiger partial charge in [-0.2, -0.15) is 22.7 Å². The van der Waals surface area contributed by atoms with Crippen molar-refractivity contribution in [3.63, 3.8) is 0 Å². The first-order valence-electron chi connectivity index (χ1n) is 7.46. The third-order valence-electron chi connectivity index (χ3n) is 3.53. The Bertz CT molecular complexity index is 994. The molecule has 11 heteroatoms. The summed E-state index contributed by atoms with van der Waals surface area (Å²) >= 11 is 7.10. The third kappa shape index (κ3) is 4.18. The summed E-state index contributed by atoms with van der Waals surface area (Å²) in [5, 5.41) is 5.07. The predicted molar refractivity (Wildman–Crippen MR) is 92.3 cm³/mol. The van der Waals surface area contributed by atoms with Gasteiger partial charge in [-0.15, -0.1) is 5.10 Å². The van der Waals surface area contributed by atoms with Gasteiger partial charge in [0.05, 0.1) is 6.54 Å². The normalized spacial score (nSPS) is 12.9. The summed E-state index contributed by atoms with van der Waals surface area (Å²) in [5.41, 5.74) is 1.68. The minimum Gasteiger partial charge on any atom is -0.310 e. The summed E-state index contributed by atoms with van der Waals surface area (Å²) in [6.45, 7) is 0.927. The molecule has 0 atom stereocenters. The van der Waals surface area contributed by atoms with Gasteiger partial charge < -0.3 is 4.57 Å². The molecule has 3 heterocycles. The van der Waals surface area contributed by atoms with Crippen LogP contribution in [-0.4, -0.2) is 43.1 Å². The predicted octanol–water partition coefficient (Wildman–Crippen LogP) is 3.12. The van der Waals surface area contributed by atoms with Gasteiger partial charge in [-0.3, -0.25) is 4.99 Å². The number of nitrogens with zero attached hydrogens (tertiary/aromatic N) is 6. The highest BCUT2D eigenvalue weighted by molar-refractivity contribution is 7.98. The van der Waals surface area contributed by atoms with Gasteiger partial charge in [-0.1, -0.05) is 29.4 Å². The van der Waals surface area contributed by atoms with Gasteiger partial charge in [-0.05, 0) is 24.8 Å². The van der Waals surface area contributed by atoms with Gasteiger partial charge in [0, 0.05) is 18.0 Å². The molecular formula is C15H14ClF3N6S. The lowest BCUT2D eigenvalue weighted by Gasteiger charge is -2.12. The lowest BCUT2D eigenvalue weighted by molar-refractivity contribution is -0.118. The summed E-state index contributed by atoms with van der Waals surface area (Å²) in [5.74, 6) is 0.408. The molecule has 3 rings (SSSR count). The molecule has 0 aliphatic heterocycles. The fourth-order valence-corrected chi connectivity index (χ4v) is 2.79. The van der Waals surface area contributed by atoms with E-state index in [9.17, 15) is 13.2 Å². The first kappa shape index (κ1) is 18.7. The van der Waals surface area contributed by atoms with Gasteiger partial charge in [0.25, 0.3) is 0 Å². The van der Waals surface area contributed by atoms with E-state index >= 15 is 0 Å². The number of hydrogen-bond acceptors (Lipinski definition) is 5. The van der Waals surface area contributed by atoms with Crippen molar-refractivity contribution >= 4 is 29.1 Å². The van der Waals surface area contributed by atoms with Crippen LogP contribution in [0.2, 0.25) is 5.15 Å². The molecule has 0 radical (unpaired) electrons. The second kappa shape index (κ2) is 7.28. The van der Waals surface area contributed by atoms with Gasteiger partial charge in [0.1, 0.15) is 11.7 Å². The zero-order chi connectivity index (χ0) is 18.9. The van der Waals surface area contributed by atoms with Crippen molar-refractivity contribution in [1.29, 1.82) is 0 Å². The van der Waals surface area contributed by atoms with Crippen molar-refractivity contribution in [1.82, 2.24) is 24.1 Å². The second-order valence-corrected chi connectivity index (χ2v) is 6.62. The Kier molecular flexibility index (Phi) is 5.24. The molecule has 0 bridgehead atoms.